The van der Waals surface area contributed by atoms with Crippen molar-refractivity contribution in [2.24, 2.45) is 4.99 Å². The molecule has 6 rings (SSSR count). The topological polar surface area (TPSA) is 181 Å². The Hall–Kier alpha value is -4.76. The lowest BCUT2D eigenvalue weighted by molar-refractivity contribution is -0.714. The molecule has 0 spiro atoms. The first-order valence-corrected chi connectivity index (χ1v) is 16.2. The molecule has 2 aromatic heterocycles. The summed E-state index contributed by atoms with van der Waals surface area (Å²) in [7, 11) is 0. The van der Waals surface area contributed by atoms with Gasteiger partial charge in [-0.2, -0.15) is 4.98 Å². The Labute approximate surface area is 292 Å². The predicted molar refractivity (Wildman–Crippen MR) is 185 cm³/mol. The van der Waals surface area contributed by atoms with Gasteiger partial charge in [0.1, 0.15) is 11.9 Å². The predicted octanol–water partition coefficient (Wildman–Crippen LogP) is 4.77. The van der Waals surface area contributed by atoms with Gasteiger partial charge in [-0.3, -0.25) is 9.89 Å². The molecule has 0 fully saturated rings. The van der Waals surface area contributed by atoms with E-state index in [4.69, 9.17) is 53.9 Å². The first-order valence-electron chi connectivity index (χ1n) is 15.5. The van der Waals surface area contributed by atoms with Gasteiger partial charge in [-0.05, 0) is 68.8 Å². The summed E-state index contributed by atoms with van der Waals surface area (Å²) in [6.07, 6.45) is 4.23. The first-order chi connectivity index (χ1) is 23.4. The van der Waals surface area contributed by atoms with Crippen LogP contribution in [0.4, 0.5) is 16.7 Å². The number of hydrogen-bond donors (Lipinski definition) is 2. The number of anilines is 2. The first kappa shape index (κ1) is 34.1. The molecule has 16 heteroatoms. The number of nitrogens with two attached hydrogens (primary N) is 2. The molecule has 1 unspecified atom stereocenters. The number of benzene rings is 2. The average Bonchev–Trinajstić information content (AvgIpc) is 3.45. The maximum Gasteiger partial charge on any atom is 0.414 e. The lowest BCUT2D eigenvalue weighted by Gasteiger charge is -2.28. The third-order valence-corrected chi connectivity index (χ3v) is 7.89. The molecular formula is C33H35Cl2N10O4+. The minimum absolute atomic E-state index is 0.106. The Morgan fingerprint density at radius 1 is 0.918 bits per heavy atom. The Morgan fingerprint density at radius 3 is 2.33 bits per heavy atom. The third-order valence-electron chi connectivity index (χ3n) is 7.46. The van der Waals surface area contributed by atoms with Crippen LogP contribution in [0.15, 0.2) is 60.1 Å². The molecular weight excluding hydrogens is 671 g/mol. The average molecular weight is 707 g/mol. The minimum atomic E-state index is -0.673. The van der Waals surface area contributed by atoms with E-state index in [0.717, 1.165) is 11.3 Å². The van der Waals surface area contributed by atoms with Crippen LogP contribution in [-0.4, -0.2) is 80.2 Å². The number of rotatable bonds is 5. The number of hydrogen-bond acceptors (Lipinski definition) is 12. The van der Waals surface area contributed by atoms with Gasteiger partial charge in [0.05, 0.1) is 38.7 Å². The van der Waals surface area contributed by atoms with Crippen LogP contribution in [0.2, 0.25) is 10.0 Å². The monoisotopic (exact) mass is 705 g/mol. The van der Waals surface area contributed by atoms with Crippen molar-refractivity contribution in [2.75, 3.05) is 44.4 Å². The third kappa shape index (κ3) is 8.28. The number of carbonyl (C=O) groups excluding carboxylic acids is 1. The summed E-state index contributed by atoms with van der Waals surface area (Å²) in [5.41, 5.74) is 15.7. The number of aliphatic imine (C=N–C) groups is 1. The molecule has 0 bridgehead atoms. The van der Waals surface area contributed by atoms with Gasteiger partial charge >= 0.3 is 12.0 Å². The zero-order chi connectivity index (χ0) is 34.7. The molecule has 1 amide bonds. The van der Waals surface area contributed by atoms with Crippen LogP contribution in [0, 0.1) is 0 Å². The Balaban J connectivity index is 1.30. The number of nitrogens with zero attached hydrogens (tertiary/aromatic N) is 8. The van der Waals surface area contributed by atoms with Gasteiger partial charge < -0.3 is 25.7 Å². The number of amides is 1. The molecule has 2 aliphatic rings. The second-order valence-electron chi connectivity index (χ2n) is 12.2. The number of aromatic nitrogens is 6. The summed E-state index contributed by atoms with van der Waals surface area (Å²) >= 11 is 13.1. The summed E-state index contributed by atoms with van der Waals surface area (Å²) in [5.74, 6) is 0.998. The maximum absolute atomic E-state index is 13.2. The SMILES string of the molecule is CC(C)(C)OC(=O)N1CCOCC=C1c1cc(Cl)cc(-c2nc[n+](C3COCCC(c4cc(Cl)cc(-c5ncnc(N)n5)c4)=N3)c(N)n2)c1. The normalized spacial score (nSPS) is 17.1. The summed E-state index contributed by atoms with van der Waals surface area (Å²) < 4.78 is 18.9. The van der Waals surface area contributed by atoms with E-state index in [1.54, 1.807) is 34.0 Å². The highest BCUT2D eigenvalue weighted by Gasteiger charge is 2.28. The molecule has 14 nitrogen and oxygen atoms in total. The number of ether oxygens (including phenoxy) is 3. The van der Waals surface area contributed by atoms with Crippen molar-refractivity contribution in [1.82, 2.24) is 29.8 Å². The van der Waals surface area contributed by atoms with E-state index in [-0.39, 0.29) is 18.5 Å². The largest absolute Gasteiger partial charge is 0.443 e. The lowest BCUT2D eigenvalue weighted by Crippen LogP contribution is -2.45. The number of nitrogen functional groups attached to an aromatic ring is 2. The highest BCUT2D eigenvalue weighted by atomic mass is 35.5. The second kappa shape index (κ2) is 14.4. The van der Waals surface area contributed by atoms with Gasteiger partial charge in [0.2, 0.25) is 12.3 Å². The van der Waals surface area contributed by atoms with Gasteiger partial charge in [-0.15, -0.1) is 4.98 Å². The molecule has 0 radical (unpaired) electrons. The van der Waals surface area contributed by atoms with Crippen molar-refractivity contribution < 1.29 is 23.6 Å². The molecule has 49 heavy (non-hydrogen) atoms. The van der Waals surface area contributed by atoms with E-state index in [0.29, 0.717) is 76.9 Å². The Kier molecular flexibility index (Phi) is 10.0. The van der Waals surface area contributed by atoms with Crippen molar-refractivity contribution in [3.63, 3.8) is 0 Å². The standard InChI is InChI=1S/C33H34Cl2N10O4/c1-33(2,3)49-32(46)44-6-9-47-8-5-26(44)20-11-22(15-24(35)13-20)29-40-18-45(31(37)43-29)27-16-48-7-4-25(41-27)19-10-21(14-23(34)12-19)28-38-17-39-30(36)42-28/h5,10-15,17-18,27,37H,4,6-9,16H2,1-3H3,(H2,36,38,39,42)/p+1. The highest BCUT2D eigenvalue weighted by Crippen LogP contribution is 2.31. The van der Waals surface area contributed by atoms with Crippen LogP contribution in [0.25, 0.3) is 28.5 Å². The van der Waals surface area contributed by atoms with Gasteiger partial charge in [0, 0.05) is 38.9 Å². The molecule has 4 N–H and O–H groups in total. The van der Waals surface area contributed by atoms with Crippen LogP contribution < -0.4 is 16.0 Å². The number of halogens is 2. The fraction of sp³-hybridized carbons (Fsp3) is 0.333. The highest BCUT2D eigenvalue weighted by molar-refractivity contribution is 6.31. The zero-order valence-corrected chi connectivity index (χ0v) is 28.6. The van der Waals surface area contributed by atoms with Crippen LogP contribution in [-0.2, 0) is 14.2 Å². The Morgan fingerprint density at radius 2 is 1.61 bits per heavy atom. The van der Waals surface area contributed by atoms with Gasteiger partial charge in [0.25, 0.3) is 5.82 Å². The molecule has 4 heterocycles. The summed E-state index contributed by atoms with van der Waals surface area (Å²) in [4.78, 5) is 41.2. The van der Waals surface area contributed by atoms with E-state index < -0.39 is 17.9 Å². The molecule has 254 valence electrons. The Bertz CT molecular complexity index is 1950. The van der Waals surface area contributed by atoms with Crippen LogP contribution in [0.3, 0.4) is 0 Å². The minimum Gasteiger partial charge on any atom is -0.443 e. The van der Waals surface area contributed by atoms with Crippen molar-refractivity contribution >= 4 is 52.6 Å². The van der Waals surface area contributed by atoms with Gasteiger partial charge in [-0.25, -0.2) is 19.3 Å². The van der Waals surface area contributed by atoms with Crippen LogP contribution in [0.1, 0.15) is 44.5 Å². The van der Waals surface area contributed by atoms with E-state index >= 15 is 0 Å². The van der Waals surface area contributed by atoms with Gasteiger partial charge in [0.15, 0.2) is 12.0 Å². The molecule has 0 aliphatic carbocycles. The summed E-state index contributed by atoms with van der Waals surface area (Å²) in [6.45, 7) is 7.12. The summed E-state index contributed by atoms with van der Waals surface area (Å²) in [6, 6.07) is 10.8. The van der Waals surface area contributed by atoms with Crippen LogP contribution >= 0.6 is 23.2 Å². The van der Waals surface area contributed by atoms with Crippen molar-refractivity contribution in [1.29, 1.82) is 0 Å². The van der Waals surface area contributed by atoms with E-state index in [9.17, 15) is 4.79 Å². The molecule has 0 saturated heterocycles. The molecule has 2 aromatic carbocycles. The van der Waals surface area contributed by atoms with Gasteiger partial charge in [-0.1, -0.05) is 28.2 Å². The quantitative estimate of drug-likeness (QED) is 0.273. The van der Waals surface area contributed by atoms with Crippen LogP contribution in [0.5, 0.6) is 0 Å². The molecule has 1 atom stereocenters. The maximum atomic E-state index is 13.2. The lowest BCUT2D eigenvalue weighted by atomic mass is 10.0. The molecule has 2 aliphatic heterocycles. The van der Waals surface area contributed by atoms with Crippen molar-refractivity contribution in [2.45, 2.75) is 39.0 Å². The fourth-order valence-corrected chi connectivity index (χ4v) is 5.80. The smallest absolute Gasteiger partial charge is 0.414 e. The fourth-order valence-electron chi connectivity index (χ4n) is 5.33. The van der Waals surface area contributed by atoms with E-state index in [2.05, 4.69) is 24.9 Å². The second-order valence-corrected chi connectivity index (χ2v) is 13.1. The van der Waals surface area contributed by atoms with E-state index in [1.165, 1.54) is 6.33 Å². The zero-order valence-electron chi connectivity index (χ0n) is 27.1. The summed E-state index contributed by atoms with van der Waals surface area (Å²) in [5, 5.41) is 0.909. The van der Waals surface area contributed by atoms with Crippen molar-refractivity contribution in [3.8, 4) is 22.8 Å². The van der Waals surface area contributed by atoms with Crippen molar-refractivity contribution in [3.05, 3.63) is 76.3 Å². The number of carbonyl (C=O) groups is 1. The van der Waals surface area contributed by atoms with E-state index in [1.807, 2.05) is 45.0 Å². The molecule has 4 aromatic rings. The molecule has 0 saturated carbocycles.